The second kappa shape index (κ2) is 4.97. The number of aliphatic hydroxyl groups is 1. The molecule has 0 fully saturated rings. The van der Waals surface area contributed by atoms with Crippen LogP contribution in [0.3, 0.4) is 0 Å². The van der Waals surface area contributed by atoms with Crippen molar-refractivity contribution in [1.82, 2.24) is 9.78 Å². The molecule has 0 saturated carbocycles. The van der Waals surface area contributed by atoms with Crippen LogP contribution in [0.2, 0.25) is 0 Å². The van der Waals surface area contributed by atoms with Gasteiger partial charge in [0.15, 0.2) is 0 Å². The molecule has 0 radical (unpaired) electrons. The molecule has 4 nitrogen and oxygen atoms in total. The summed E-state index contributed by atoms with van der Waals surface area (Å²) >= 11 is 0. The quantitative estimate of drug-likeness (QED) is 0.823. The number of ether oxygens (including phenoxy) is 1. The highest BCUT2D eigenvalue weighted by Crippen LogP contribution is 2.19. The Hall–Kier alpha value is -0.870. The fourth-order valence-electron chi connectivity index (χ4n) is 1.67. The molecular formula is C12H22N2O2. The third-order valence-corrected chi connectivity index (χ3v) is 3.16. The van der Waals surface area contributed by atoms with E-state index in [1.165, 1.54) is 0 Å². The van der Waals surface area contributed by atoms with Crippen molar-refractivity contribution >= 4 is 0 Å². The van der Waals surface area contributed by atoms with Gasteiger partial charge in [-0.05, 0) is 26.3 Å². The van der Waals surface area contributed by atoms with E-state index in [0.29, 0.717) is 6.42 Å². The molecule has 0 saturated heterocycles. The van der Waals surface area contributed by atoms with Gasteiger partial charge in [-0.15, -0.1) is 0 Å². The first-order valence-electron chi connectivity index (χ1n) is 5.67. The monoisotopic (exact) mass is 226 g/mol. The molecule has 92 valence electrons. The van der Waals surface area contributed by atoms with Gasteiger partial charge in [0.1, 0.15) is 0 Å². The van der Waals surface area contributed by atoms with Crippen molar-refractivity contribution < 1.29 is 9.84 Å². The molecule has 4 heteroatoms. The summed E-state index contributed by atoms with van der Waals surface area (Å²) in [5.41, 5.74) is 1.22. The maximum absolute atomic E-state index is 10.3. The Morgan fingerprint density at radius 3 is 2.69 bits per heavy atom. The average Bonchev–Trinajstić information content (AvgIpc) is 2.57. The van der Waals surface area contributed by atoms with Crippen LogP contribution in [0.15, 0.2) is 6.07 Å². The van der Waals surface area contributed by atoms with Crippen LogP contribution < -0.4 is 0 Å². The third kappa shape index (κ3) is 2.83. The smallest absolute Gasteiger partial charge is 0.0932 e. The first-order valence-corrected chi connectivity index (χ1v) is 5.67. The van der Waals surface area contributed by atoms with Gasteiger partial charge in [0.2, 0.25) is 0 Å². The van der Waals surface area contributed by atoms with Crippen LogP contribution in [0.5, 0.6) is 0 Å². The van der Waals surface area contributed by atoms with Crippen LogP contribution >= 0.6 is 0 Å². The molecule has 0 aliphatic carbocycles. The highest BCUT2D eigenvalue weighted by atomic mass is 16.5. The molecule has 0 amide bonds. The molecule has 16 heavy (non-hydrogen) atoms. The number of aromatic nitrogens is 2. The predicted molar refractivity (Wildman–Crippen MR) is 63.4 cm³/mol. The van der Waals surface area contributed by atoms with E-state index in [2.05, 4.69) is 12.0 Å². The van der Waals surface area contributed by atoms with Gasteiger partial charge in [-0.3, -0.25) is 4.68 Å². The molecule has 0 aliphatic heterocycles. The van der Waals surface area contributed by atoms with Gasteiger partial charge >= 0.3 is 0 Å². The summed E-state index contributed by atoms with van der Waals surface area (Å²) in [7, 11) is 3.52. The zero-order chi connectivity index (χ0) is 12.3. The van der Waals surface area contributed by atoms with Crippen molar-refractivity contribution in [3.63, 3.8) is 0 Å². The number of nitrogens with zero attached hydrogens (tertiary/aromatic N) is 2. The minimum atomic E-state index is -0.868. The number of rotatable bonds is 5. The standard InChI is InChI=1S/C12H22N2O2/c1-6-10-7-11(14(4)13-10)8-12(3,15)9(2)16-5/h7,9,15H,6,8H2,1-5H3. The number of hydrogen-bond donors (Lipinski definition) is 1. The van der Waals surface area contributed by atoms with Crippen LogP contribution in [-0.2, 0) is 24.6 Å². The summed E-state index contributed by atoms with van der Waals surface area (Å²) in [6, 6.07) is 2.04. The Morgan fingerprint density at radius 1 is 1.62 bits per heavy atom. The molecule has 1 rings (SSSR count). The molecule has 0 bridgehead atoms. The summed E-state index contributed by atoms with van der Waals surface area (Å²) in [5, 5.41) is 14.6. The van der Waals surface area contributed by atoms with Gasteiger partial charge in [0.05, 0.1) is 17.4 Å². The van der Waals surface area contributed by atoms with Crippen molar-refractivity contribution in [3.8, 4) is 0 Å². The van der Waals surface area contributed by atoms with Gasteiger partial charge in [0, 0.05) is 26.3 Å². The maximum atomic E-state index is 10.3. The summed E-state index contributed by atoms with van der Waals surface area (Å²) in [4.78, 5) is 0. The normalized spacial score (nSPS) is 17.1. The van der Waals surface area contributed by atoms with E-state index in [-0.39, 0.29) is 6.10 Å². The molecular weight excluding hydrogens is 204 g/mol. The summed E-state index contributed by atoms with van der Waals surface area (Å²) in [5.74, 6) is 0. The number of hydrogen-bond acceptors (Lipinski definition) is 3. The highest BCUT2D eigenvalue weighted by Gasteiger charge is 2.29. The second-order valence-corrected chi connectivity index (χ2v) is 4.52. The van der Waals surface area contributed by atoms with Gasteiger partial charge in [0.25, 0.3) is 0 Å². The second-order valence-electron chi connectivity index (χ2n) is 4.52. The number of aryl methyl sites for hydroxylation is 2. The Morgan fingerprint density at radius 2 is 2.25 bits per heavy atom. The van der Waals surface area contributed by atoms with E-state index in [1.807, 2.05) is 24.7 Å². The molecule has 1 aromatic heterocycles. The summed E-state index contributed by atoms with van der Waals surface area (Å²) in [6.45, 7) is 5.74. The first kappa shape index (κ1) is 13.2. The van der Waals surface area contributed by atoms with Crippen LogP contribution in [0.1, 0.15) is 32.2 Å². The lowest BCUT2D eigenvalue weighted by atomic mass is 9.94. The van der Waals surface area contributed by atoms with E-state index >= 15 is 0 Å². The lowest BCUT2D eigenvalue weighted by Gasteiger charge is -2.29. The molecule has 0 spiro atoms. The van der Waals surface area contributed by atoms with E-state index < -0.39 is 5.60 Å². The SMILES string of the molecule is CCc1cc(CC(C)(O)C(C)OC)n(C)n1. The third-order valence-electron chi connectivity index (χ3n) is 3.16. The fraction of sp³-hybridized carbons (Fsp3) is 0.750. The Bertz CT molecular complexity index is 345. The lowest BCUT2D eigenvalue weighted by Crippen LogP contribution is -2.41. The Labute approximate surface area is 97.2 Å². The van der Waals surface area contributed by atoms with Crippen molar-refractivity contribution in [2.24, 2.45) is 7.05 Å². The fourth-order valence-corrected chi connectivity index (χ4v) is 1.67. The largest absolute Gasteiger partial charge is 0.387 e. The predicted octanol–water partition coefficient (Wildman–Crippen LogP) is 1.31. The minimum absolute atomic E-state index is 0.201. The van der Waals surface area contributed by atoms with Crippen molar-refractivity contribution in [2.45, 2.75) is 45.3 Å². The molecule has 1 N–H and O–H groups in total. The van der Waals surface area contributed by atoms with Crippen LogP contribution in [0.4, 0.5) is 0 Å². The topological polar surface area (TPSA) is 47.3 Å². The van der Waals surface area contributed by atoms with E-state index in [4.69, 9.17) is 4.74 Å². The first-order chi connectivity index (χ1) is 7.40. The van der Waals surface area contributed by atoms with Gasteiger partial charge < -0.3 is 9.84 Å². The highest BCUT2D eigenvalue weighted by molar-refractivity contribution is 5.13. The van der Waals surface area contributed by atoms with Crippen LogP contribution in [0, 0.1) is 0 Å². The lowest BCUT2D eigenvalue weighted by molar-refractivity contribution is -0.0724. The van der Waals surface area contributed by atoms with Gasteiger partial charge in [-0.1, -0.05) is 6.92 Å². The molecule has 1 heterocycles. The van der Waals surface area contributed by atoms with Crippen LogP contribution in [-0.4, -0.2) is 33.7 Å². The maximum Gasteiger partial charge on any atom is 0.0932 e. The van der Waals surface area contributed by atoms with E-state index in [9.17, 15) is 5.11 Å². The summed E-state index contributed by atoms with van der Waals surface area (Å²) < 4.78 is 7.01. The Balaban J connectivity index is 2.82. The summed E-state index contributed by atoms with van der Waals surface area (Å²) in [6.07, 6.45) is 1.26. The van der Waals surface area contributed by atoms with Crippen LogP contribution in [0.25, 0.3) is 0 Å². The molecule has 0 aliphatic rings. The van der Waals surface area contributed by atoms with Crippen molar-refractivity contribution in [3.05, 3.63) is 17.5 Å². The number of methoxy groups -OCH3 is 1. The Kier molecular flexibility index (Phi) is 4.10. The average molecular weight is 226 g/mol. The molecule has 1 aromatic rings. The van der Waals surface area contributed by atoms with Gasteiger partial charge in [-0.25, -0.2) is 0 Å². The zero-order valence-corrected chi connectivity index (χ0v) is 10.8. The zero-order valence-electron chi connectivity index (χ0n) is 10.8. The van der Waals surface area contributed by atoms with Gasteiger partial charge in [-0.2, -0.15) is 5.10 Å². The minimum Gasteiger partial charge on any atom is -0.387 e. The molecule has 2 atom stereocenters. The van der Waals surface area contributed by atoms with Crippen molar-refractivity contribution in [2.75, 3.05) is 7.11 Å². The van der Waals surface area contributed by atoms with Crippen molar-refractivity contribution in [1.29, 1.82) is 0 Å². The van der Waals surface area contributed by atoms with E-state index in [0.717, 1.165) is 17.8 Å². The molecule has 0 aromatic carbocycles. The van der Waals surface area contributed by atoms with E-state index in [1.54, 1.807) is 14.0 Å². The molecule has 2 unspecified atom stereocenters.